The summed E-state index contributed by atoms with van der Waals surface area (Å²) >= 11 is 5.96. The first-order valence-corrected chi connectivity index (χ1v) is 7.70. The summed E-state index contributed by atoms with van der Waals surface area (Å²) in [6.45, 7) is 3.48. The molecule has 0 unspecified atom stereocenters. The average Bonchev–Trinajstić information content (AvgIpc) is 2.98. The number of carbonyl (C=O) groups is 1. The van der Waals surface area contributed by atoms with Crippen molar-refractivity contribution in [1.29, 1.82) is 0 Å². The molecular weight excluding hydrogens is 288 g/mol. The molecule has 1 aliphatic carbocycles. The lowest BCUT2D eigenvalue weighted by Gasteiger charge is -2.13. The minimum atomic E-state index is -3.90. The molecule has 5 nitrogen and oxygen atoms in total. The van der Waals surface area contributed by atoms with Crippen LogP contribution in [0.4, 0.5) is 0 Å². The molecule has 1 aromatic carbocycles. The number of carbonyl (C=O) groups excluding carboxylic acids is 1. The van der Waals surface area contributed by atoms with E-state index in [1.807, 2.05) is 6.92 Å². The van der Waals surface area contributed by atoms with Gasteiger partial charge in [-0.15, -0.1) is 0 Å². The van der Waals surface area contributed by atoms with Gasteiger partial charge in [-0.3, -0.25) is 4.79 Å². The van der Waals surface area contributed by atoms with Crippen molar-refractivity contribution in [1.82, 2.24) is 5.32 Å². The summed E-state index contributed by atoms with van der Waals surface area (Å²) in [5.74, 6) is -0.341. The van der Waals surface area contributed by atoms with Gasteiger partial charge < -0.3 is 5.32 Å². The monoisotopic (exact) mass is 302 g/mol. The van der Waals surface area contributed by atoms with Crippen molar-refractivity contribution in [2.75, 3.05) is 0 Å². The fraction of sp³-hybridized carbons (Fsp3) is 0.417. The van der Waals surface area contributed by atoms with Crippen LogP contribution in [0, 0.1) is 6.92 Å². The summed E-state index contributed by atoms with van der Waals surface area (Å²) in [5.41, 5.74) is 0.363. The molecule has 0 aromatic heterocycles. The highest BCUT2D eigenvalue weighted by Crippen LogP contribution is 2.35. The lowest BCUT2D eigenvalue weighted by Crippen LogP contribution is -2.34. The molecule has 0 spiro atoms. The summed E-state index contributed by atoms with van der Waals surface area (Å²) in [6, 6.07) is 2.71. The van der Waals surface area contributed by atoms with E-state index < -0.39 is 10.0 Å². The molecule has 104 valence electrons. The van der Waals surface area contributed by atoms with E-state index in [-0.39, 0.29) is 26.9 Å². The highest BCUT2D eigenvalue weighted by Gasteiger charge is 2.39. The normalized spacial score (nSPS) is 17.1. The van der Waals surface area contributed by atoms with E-state index in [1.165, 1.54) is 12.1 Å². The van der Waals surface area contributed by atoms with Crippen LogP contribution in [0.2, 0.25) is 5.02 Å². The van der Waals surface area contributed by atoms with Gasteiger partial charge in [0.1, 0.15) is 0 Å². The van der Waals surface area contributed by atoms with Crippen LogP contribution < -0.4 is 10.5 Å². The molecule has 7 heteroatoms. The highest BCUT2D eigenvalue weighted by molar-refractivity contribution is 7.89. The largest absolute Gasteiger partial charge is 0.347 e. The van der Waals surface area contributed by atoms with Crippen molar-refractivity contribution in [3.63, 3.8) is 0 Å². The molecule has 0 saturated heterocycles. The van der Waals surface area contributed by atoms with Gasteiger partial charge in [0.15, 0.2) is 0 Å². The second-order valence-electron chi connectivity index (χ2n) is 5.14. The van der Waals surface area contributed by atoms with E-state index in [0.29, 0.717) is 5.56 Å². The Morgan fingerprint density at radius 2 is 2.00 bits per heavy atom. The van der Waals surface area contributed by atoms with Gasteiger partial charge in [0.2, 0.25) is 10.0 Å². The van der Waals surface area contributed by atoms with Gasteiger partial charge >= 0.3 is 0 Å². The van der Waals surface area contributed by atoms with Crippen molar-refractivity contribution >= 4 is 27.5 Å². The molecular formula is C12H15ClN2O3S. The number of rotatable bonds is 3. The van der Waals surface area contributed by atoms with Crippen LogP contribution in [0.25, 0.3) is 0 Å². The zero-order chi connectivity index (χ0) is 14.4. The average molecular weight is 303 g/mol. The van der Waals surface area contributed by atoms with Gasteiger partial charge in [0.05, 0.1) is 4.90 Å². The summed E-state index contributed by atoms with van der Waals surface area (Å²) < 4.78 is 22.9. The third-order valence-electron chi connectivity index (χ3n) is 3.28. The van der Waals surface area contributed by atoms with E-state index in [4.69, 9.17) is 16.7 Å². The van der Waals surface area contributed by atoms with E-state index >= 15 is 0 Å². The standard InChI is InChI=1S/C12H15ClN2O3S/c1-7-9(13)5-8(6-10(7)19(14,17)18)11(16)15-12(2)3-4-12/h5-6H,3-4H2,1-2H3,(H,15,16)(H2,14,17,18). The lowest BCUT2D eigenvalue weighted by atomic mass is 10.1. The molecule has 0 radical (unpaired) electrons. The maximum absolute atomic E-state index is 12.0. The Bertz CT molecular complexity index is 651. The molecule has 0 bridgehead atoms. The second kappa shape index (κ2) is 4.47. The van der Waals surface area contributed by atoms with Crippen LogP contribution in [0.15, 0.2) is 17.0 Å². The third-order valence-corrected chi connectivity index (χ3v) is 4.71. The molecule has 1 fully saturated rings. The zero-order valence-electron chi connectivity index (χ0n) is 10.7. The summed E-state index contributed by atoms with van der Waals surface area (Å²) in [4.78, 5) is 11.9. The van der Waals surface area contributed by atoms with Gasteiger partial charge in [-0.25, -0.2) is 13.6 Å². The van der Waals surface area contributed by atoms with Crippen molar-refractivity contribution in [2.24, 2.45) is 5.14 Å². The first-order chi connectivity index (χ1) is 8.62. The van der Waals surface area contributed by atoms with Crippen LogP contribution in [-0.2, 0) is 10.0 Å². The number of sulfonamides is 1. The summed E-state index contributed by atoms with van der Waals surface area (Å²) in [5, 5.41) is 8.16. The van der Waals surface area contributed by atoms with Crippen LogP contribution in [0.3, 0.4) is 0 Å². The van der Waals surface area contributed by atoms with Gasteiger partial charge in [0.25, 0.3) is 5.91 Å². The molecule has 1 amide bonds. The maximum atomic E-state index is 12.0. The van der Waals surface area contributed by atoms with Crippen LogP contribution in [0.1, 0.15) is 35.7 Å². The topological polar surface area (TPSA) is 89.3 Å². The van der Waals surface area contributed by atoms with Gasteiger partial charge in [0, 0.05) is 16.1 Å². The Morgan fingerprint density at radius 3 is 2.47 bits per heavy atom. The summed E-state index contributed by atoms with van der Waals surface area (Å²) in [6.07, 6.45) is 1.83. The molecule has 1 saturated carbocycles. The molecule has 0 aliphatic heterocycles. The van der Waals surface area contributed by atoms with E-state index in [9.17, 15) is 13.2 Å². The molecule has 0 atom stereocenters. The Morgan fingerprint density at radius 1 is 1.42 bits per heavy atom. The second-order valence-corrected chi connectivity index (χ2v) is 7.08. The number of primary sulfonamides is 1. The number of amides is 1. The van der Waals surface area contributed by atoms with Crippen LogP contribution in [0.5, 0.6) is 0 Å². The number of benzene rings is 1. The summed E-state index contributed by atoms with van der Waals surface area (Å²) in [7, 11) is -3.90. The fourth-order valence-electron chi connectivity index (χ4n) is 1.74. The third kappa shape index (κ3) is 3.08. The van der Waals surface area contributed by atoms with E-state index in [0.717, 1.165) is 12.8 Å². The van der Waals surface area contributed by atoms with E-state index in [2.05, 4.69) is 5.32 Å². The SMILES string of the molecule is Cc1c(Cl)cc(C(=O)NC2(C)CC2)cc1S(N)(=O)=O. The Balaban J connectivity index is 2.42. The van der Waals surface area contributed by atoms with E-state index in [1.54, 1.807) is 6.92 Å². The molecule has 0 heterocycles. The Hall–Kier alpha value is -1.11. The molecule has 1 aromatic rings. The smallest absolute Gasteiger partial charge is 0.251 e. The predicted molar refractivity (Wildman–Crippen MR) is 72.7 cm³/mol. The molecule has 3 N–H and O–H groups in total. The first-order valence-electron chi connectivity index (χ1n) is 5.78. The van der Waals surface area contributed by atoms with Crippen molar-refractivity contribution in [2.45, 2.75) is 37.1 Å². The van der Waals surface area contributed by atoms with Crippen LogP contribution in [-0.4, -0.2) is 19.9 Å². The van der Waals surface area contributed by atoms with Crippen LogP contribution >= 0.6 is 11.6 Å². The predicted octanol–water partition coefficient (Wildman–Crippen LogP) is 1.58. The van der Waals surface area contributed by atoms with Gasteiger partial charge in [-0.05, 0) is 44.4 Å². The maximum Gasteiger partial charge on any atom is 0.251 e. The van der Waals surface area contributed by atoms with Crippen molar-refractivity contribution < 1.29 is 13.2 Å². The van der Waals surface area contributed by atoms with Crippen molar-refractivity contribution in [3.8, 4) is 0 Å². The fourth-order valence-corrected chi connectivity index (χ4v) is 2.84. The Kier molecular flexibility index (Phi) is 3.36. The molecule has 19 heavy (non-hydrogen) atoms. The number of hydrogen-bond acceptors (Lipinski definition) is 3. The minimum Gasteiger partial charge on any atom is -0.347 e. The first kappa shape index (κ1) is 14.3. The highest BCUT2D eigenvalue weighted by atomic mass is 35.5. The zero-order valence-corrected chi connectivity index (χ0v) is 12.2. The quantitative estimate of drug-likeness (QED) is 0.888. The Labute approximate surface area is 117 Å². The molecule has 2 rings (SSSR count). The molecule has 1 aliphatic rings. The number of hydrogen-bond donors (Lipinski definition) is 2. The lowest BCUT2D eigenvalue weighted by molar-refractivity contribution is 0.0935. The van der Waals surface area contributed by atoms with Gasteiger partial charge in [-0.1, -0.05) is 11.6 Å². The van der Waals surface area contributed by atoms with Crippen molar-refractivity contribution in [3.05, 3.63) is 28.3 Å². The number of nitrogens with one attached hydrogen (secondary N) is 1. The van der Waals surface area contributed by atoms with Gasteiger partial charge in [-0.2, -0.15) is 0 Å². The number of nitrogens with two attached hydrogens (primary N) is 1. The minimum absolute atomic E-state index is 0.119. The number of halogens is 1.